The number of hydrogen-bond donors (Lipinski definition) is 3. The van der Waals surface area contributed by atoms with Gasteiger partial charge in [-0.1, -0.05) is 29.3 Å². The van der Waals surface area contributed by atoms with E-state index in [1.165, 1.54) is 6.07 Å². The first-order valence-corrected chi connectivity index (χ1v) is 7.39. The van der Waals surface area contributed by atoms with Gasteiger partial charge in [-0.3, -0.25) is 9.59 Å². The lowest BCUT2D eigenvalue weighted by molar-refractivity contribution is -0.142. The van der Waals surface area contributed by atoms with E-state index in [0.717, 1.165) is 0 Å². The van der Waals surface area contributed by atoms with Gasteiger partial charge < -0.3 is 15.7 Å². The van der Waals surface area contributed by atoms with Crippen LogP contribution in [-0.2, 0) is 20.8 Å². The lowest BCUT2D eigenvalue weighted by atomic mass is 10.1. The fourth-order valence-corrected chi connectivity index (χ4v) is 2.68. The minimum atomic E-state index is -1.18. The predicted octanol–water partition coefficient (Wildman–Crippen LogP) is 1.38. The highest BCUT2D eigenvalue weighted by molar-refractivity contribution is 6.35. The van der Waals surface area contributed by atoms with Crippen molar-refractivity contribution in [3.05, 3.63) is 33.8 Å². The Labute approximate surface area is 136 Å². The van der Waals surface area contributed by atoms with Crippen molar-refractivity contribution in [1.29, 1.82) is 0 Å². The Morgan fingerprint density at radius 2 is 2.14 bits per heavy atom. The van der Waals surface area contributed by atoms with Gasteiger partial charge in [0.15, 0.2) is 0 Å². The molecule has 0 unspecified atom stereocenters. The van der Waals surface area contributed by atoms with E-state index in [1.54, 1.807) is 12.1 Å². The van der Waals surface area contributed by atoms with E-state index in [2.05, 4.69) is 10.6 Å². The molecule has 0 aromatic heterocycles. The third-order valence-corrected chi connectivity index (χ3v) is 3.95. The summed E-state index contributed by atoms with van der Waals surface area (Å²) >= 11 is 11.8. The Balaban J connectivity index is 2.05. The van der Waals surface area contributed by atoms with Crippen molar-refractivity contribution in [3.8, 4) is 0 Å². The SMILES string of the molecule is O=C1CC[C@@H](C(=O)N[C@H](Cc2ccc(Cl)cc2Cl)C(=O)O)N1. The van der Waals surface area contributed by atoms with Gasteiger partial charge >= 0.3 is 5.97 Å². The van der Waals surface area contributed by atoms with Gasteiger partial charge in [0.1, 0.15) is 12.1 Å². The van der Waals surface area contributed by atoms with Gasteiger partial charge in [-0.25, -0.2) is 4.79 Å². The van der Waals surface area contributed by atoms with Crippen molar-refractivity contribution < 1.29 is 19.5 Å². The summed E-state index contributed by atoms with van der Waals surface area (Å²) < 4.78 is 0. The second-order valence-electron chi connectivity index (χ2n) is 5.00. The molecule has 3 N–H and O–H groups in total. The lowest BCUT2D eigenvalue weighted by Gasteiger charge is -2.18. The average molecular weight is 345 g/mol. The second-order valence-corrected chi connectivity index (χ2v) is 5.84. The molecule has 2 rings (SSSR count). The molecule has 2 atom stereocenters. The molecule has 8 heteroatoms. The summed E-state index contributed by atoms with van der Waals surface area (Å²) in [6.07, 6.45) is 0.648. The molecule has 0 spiro atoms. The van der Waals surface area contributed by atoms with E-state index in [4.69, 9.17) is 23.2 Å². The number of carboxylic acid groups (broad SMARTS) is 1. The molecule has 1 fully saturated rings. The summed E-state index contributed by atoms with van der Waals surface area (Å²) in [6.45, 7) is 0. The van der Waals surface area contributed by atoms with Crippen LogP contribution in [0.4, 0.5) is 0 Å². The zero-order chi connectivity index (χ0) is 16.3. The molecule has 22 heavy (non-hydrogen) atoms. The number of nitrogens with one attached hydrogen (secondary N) is 2. The van der Waals surface area contributed by atoms with Crippen molar-refractivity contribution in [2.24, 2.45) is 0 Å². The summed E-state index contributed by atoms with van der Waals surface area (Å²) in [7, 11) is 0. The van der Waals surface area contributed by atoms with E-state index in [1.807, 2.05) is 0 Å². The van der Waals surface area contributed by atoms with Gasteiger partial charge in [-0.15, -0.1) is 0 Å². The maximum Gasteiger partial charge on any atom is 0.326 e. The molecule has 1 aliphatic heterocycles. The zero-order valence-corrected chi connectivity index (χ0v) is 12.9. The largest absolute Gasteiger partial charge is 0.480 e. The van der Waals surface area contributed by atoms with Crippen LogP contribution in [0.25, 0.3) is 0 Å². The molecule has 0 saturated carbocycles. The number of aliphatic carboxylic acids is 1. The van der Waals surface area contributed by atoms with E-state index in [-0.39, 0.29) is 18.7 Å². The number of carbonyl (C=O) groups is 3. The summed E-state index contributed by atoms with van der Waals surface area (Å²) in [5.41, 5.74) is 0.564. The molecule has 2 amide bonds. The second kappa shape index (κ2) is 6.98. The Kier molecular flexibility index (Phi) is 5.26. The standard InChI is InChI=1S/C14H14Cl2N2O4/c15-8-2-1-7(9(16)6-8)5-11(14(21)22)18-13(20)10-3-4-12(19)17-10/h1-2,6,10-11H,3-5H2,(H,17,19)(H,18,20)(H,21,22)/t10-,11+/m0/s1. The maximum atomic E-state index is 12.0. The molecular formula is C14H14Cl2N2O4. The first-order valence-electron chi connectivity index (χ1n) is 6.63. The first-order chi connectivity index (χ1) is 10.4. The van der Waals surface area contributed by atoms with Crippen molar-refractivity contribution in [3.63, 3.8) is 0 Å². The van der Waals surface area contributed by atoms with Crippen LogP contribution in [0.2, 0.25) is 10.0 Å². The van der Waals surface area contributed by atoms with Gasteiger partial charge in [0.05, 0.1) is 0 Å². The zero-order valence-electron chi connectivity index (χ0n) is 11.4. The van der Waals surface area contributed by atoms with Crippen LogP contribution >= 0.6 is 23.2 Å². The molecule has 1 aliphatic rings. The molecule has 118 valence electrons. The van der Waals surface area contributed by atoms with Crippen LogP contribution in [0.1, 0.15) is 18.4 Å². The van der Waals surface area contributed by atoms with Crippen LogP contribution < -0.4 is 10.6 Å². The Hall–Kier alpha value is -1.79. The molecule has 0 bridgehead atoms. The van der Waals surface area contributed by atoms with Crippen molar-refractivity contribution in [1.82, 2.24) is 10.6 Å². The minimum absolute atomic E-state index is 0.0255. The van der Waals surface area contributed by atoms with Gasteiger partial charge in [0.2, 0.25) is 11.8 Å². The number of rotatable bonds is 5. The van der Waals surface area contributed by atoms with Crippen LogP contribution in [-0.4, -0.2) is 35.0 Å². The summed E-state index contributed by atoms with van der Waals surface area (Å²) in [5, 5.41) is 14.9. The van der Waals surface area contributed by atoms with Gasteiger partial charge in [-0.2, -0.15) is 0 Å². The number of hydrogen-bond acceptors (Lipinski definition) is 3. The maximum absolute atomic E-state index is 12.0. The summed E-state index contributed by atoms with van der Waals surface area (Å²) in [6, 6.07) is 2.90. The average Bonchev–Trinajstić information content (AvgIpc) is 2.87. The van der Waals surface area contributed by atoms with Crippen LogP contribution in [0.15, 0.2) is 18.2 Å². The minimum Gasteiger partial charge on any atom is -0.480 e. The number of amides is 2. The van der Waals surface area contributed by atoms with E-state index < -0.39 is 24.0 Å². The Morgan fingerprint density at radius 1 is 1.41 bits per heavy atom. The van der Waals surface area contributed by atoms with Gasteiger partial charge in [-0.05, 0) is 24.1 Å². The van der Waals surface area contributed by atoms with Gasteiger partial charge in [0.25, 0.3) is 0 Å². The topological polar surface area (TPSA) is 95.5 Å². The number of benzene rings is 1. The molecule has 0 aliphatic carbocycles. The normalized spacial score (nSPS) is 18.6. The summed E-state index contributed by atoms with van der Waals surface area (Å²) in [5.74, 6) is -1.90. The monoisotopic (exact) mass is 344 g/mol. The van der Waals surface area contributed by atoms with E-state index >= 15 is 0 Å². The molecule has 1 saturated heterocycles. The first kappa shape index (κ1) is 16.6. The number of carboxylic acids is 1. The van der Waals surface area contributed by atoms with E-state index in [0.29, 0.717) is 22.0 Å². The Morgan fingerprint density at radius 3 is 2.68 bits per heavy atom. The molecule has 6 nitrogen and oxygen atoms in total. The highest BCUT2D eigenvalue weighted by atomic mass is 35.5. The third kappa shape index (κ3) is 4.11. The summed E-state index contributed by atoms with van der Waals surface area (Å²) in [4.78, 5) is 34.4. The lowest BCUT2D eigenvalue weighted by Crippen LogP contribution is -2.49. The number of carbonyl (C=O) groups excluding carboxylic acids is 2. The highest BCUT2D eigenvalue weighted by Gasteiger charge is 2.30. The highest BCUT2D eigenvalue weighted by Crippen LogP contribution is 2.22. The fourth-order valence-electron chi connectivity index (χ4n) is 2.19. The van der Waals surface area contributed by atoms with Crippen molar-refractivity contribution in [2.75, 3.05) is 0 Å². The van der Waals surface area contributed by atoms with Gasteiger partial charge in [0, 0.05) is 22.9 Å². The molecule has 1 aromatic rings. The van der Waals surface area contributed by atoms with Crippen LogP contribution in [0.5, 0.6) is 0 Å². The molecule has 1 heterocycles. The number of halogens is 2. The fraction of sp³-hybridized carbons (Fsp3) is 0.357. The molecule has 0 radical (unpaired) electrons. The molecular weight excluding hydrogens is 331 g/mol. The Bertz CT molecular complexity index is 621. The van der Waals surface area contributed by atoms with Crippen molar-refractivity contribution in [2.45, 2.75) is 31.3 Å². The molecule has 1 aromatic carbocycles. The van der Waals surface area contributed by atoms with E-state index in [9.17, 15) is 19.5 Å². The predicted molar refractivity (Wildman–Crippen MR) is 80.9 cm³/mol. The van der Waals surface area contributed by atoms with Crippen LogP contribution in [0, 0.1) is 0 Å². The third-order valence-electron chi connectivity index (χ3n) is 3.37. The van der Waals surface area contributed by atoms with Crippen molar-refractivity contribution >= 4 is 41.0 Å². The quantitative estimate of drug-likeness (QED) is 0.751. The van der Waals surface area contributed by atoms with Crippen LogP contribution in [0.3, 0.4) is 0 Å². The smallest absolute Gasteiger partial charge is 0.326 e.